The number of carbonyl (C=O) groups excluding carboxylic acids is 1. The Bertz CT molecular complexity index is 975. The molecule has 0 saturated carbocycles. The average molecular weight is 411 g/mol. The molecular weight excluding hydrogens is 380 g/mol. The molecule has 3 rings (SSSR count). The number of nitriles is 1. The van der Waals surface area contributed by atoms with Crippen molar-refractivity contribution in [3.05, 3.63) is 107 Å². The maximum atomic E-state index is 12.6. The molecule has 0 N–H and O–H groups in total. The maximum Gasteiger partial charge on any atom is 0.226 e. The lowest BCUT2D eigenvalue weighted by molar-refractivity contribution is -0.129. The summed E-state index contributed by atoms with van der Waals surface area (Å²) in [6.07, 6.45) is 3.60. The first-order valence-corrected chi connectivity index (χ1v) is 10.9. The van der Waals surface area contributed by atoms with Crippen LogP contribution in [-0.4, -0.2) is 24.4 Å². The summed E-state index contributed by atoms with van der Waals surface area (Å²) in [6.45, 7) is 0.721. The molecule has 1 amide bonds. The van der Waals surface area contributed by atoms with Crippen molar-refractivity contribution in [2.45, 2.75) is 38.0 Å². The SMILES string of the molecule is CN(CCc1ccccc1)C(=O)Cc1ccc(CC(CCC#N)c2ccccc2)cc1. The topological polar surface area (TPSA) is 44.1 Å². The molecule has 3 heteroatoms. The van der Waals surface area contributed by atoms with Crippen LogP contribution in [-0.2, 0) is 24.1 Å². The van der Waals surface area contributed by atoms with Gasteiger partial charge < -0.3 is 4.90 Å². The number of benzene rings is 3. The van der Waals surface area contributed by atoms with Gasteiger partial charge in [-0.3, -0.25) is 4.79 Å². The zero-order chi connectivity index (χ0) is 21.9. The number of nitrogens with zero attached hydrogens (tertiary/aromatic N) is 2. The zero-order valence-electron chi connectivity index (χ0n) is 18.2. The molecule has 0 aliphatic heterocycles. The van der Waals surface area contributed by atoms with Gasteiger partial charge in [-0.1, -0.05) is 84.9 Å². The lowest BCUT2D eigenvalue weighted by Gasteiger charge is -2.18. The Morgan fingerprint density at radius 1 is 0.871 bits per heavy atom. The molecule has 0 saturated heterocycles. The van der Waals surface area contributed by atoms with Crippen molar-refractivity contribution in [2.75, 3.05) is 13.6 Å². The smallest absolute Gasteiger partial charge is 0.226 e. The van der Waals surface area contributed by atoms with Crippen LogP contribution >= 0.6 is 0 Å². The van der Waals surface area contributed by atoms with E-state index in [9.17, 15) is 4.79 Å². The summed E-state index contributed by atoms with van der Waals surface area (Å²) in [5.74, 6) is 0.470. The third kappa shape index (κ3) is 7.12. The number of likely N-dealkylation sites (N-methyl/N-ethyl adjacent to an activating group) is 1. The highest BCUT2D eigenvalue weighted by Gasteiger charge is 2.13. The number of carbonyl (C=O) groups is 1. The summed E-state index contributed by atoms with van der Waals surface area (Å²) in [4.78, 5) is 14.4. The van der Waals surface area contributed by atoms with E-state index in [1.54, 1.807) is 0 Å². The van der Waals surface area contributed by atoms with Crippen LogP contribution in [0.5, 0.6) is 0 Å². The Kier molecular flexibility index (Phi) is 8.43. The molecule has 3 aromatic carbocycles. The maximum absolute atomic E-state index is 12.6. The number of hydrogen-bond acceptors (Lipinski definition) is 2. The normalized spacial score (nSPS) is 11.5. The highest BCUT2D eigenvalue weighted by atomic mass is 16.2. The van der Waals surface area contributed by atoms with Crippen molar-refractivity contribution in [1.29, 1.82) is 5.26 Å². The molecule has 0 aromatic heterocycles. The van der Waals surface area contributed by atoms with Crippen LogP contribution in [0.25, 0.3) is 0 Å². The molecule has 0 spiro atoms. The molecule has 0 bridgehead atoms. The van der Waals surface area contributed by atoms with Gasteiger partial charge >= 0.3 is 0 Å². The lowest BCUT2D eigenvalue weighted by Crippen LogP contribution is -2.30. The Morgan fingerprint density at radius 2 is 1.48 bits per heavy atom. The van der Waals surface area contributed by atoms with E-state index in [2.05, 4.69) is 66.7 Å². The molecule has 0 aliphatic rings. The van der Waals surface area contributed by atoms with Crippen LogP contribution in [0, 0.1) is 11.3 Å². The van der Waals surface area contributed by atoms with Gasteiger partial charge in [-0.25, -0.2) is 0 Å². The first-order valence-electron chi connectivity index (χ1n) is 10.9. The Hall–Kier alpha value is -3.38. The van der Waals surface area contributed by atoms with E-state index < -0.39 is 0 Å². The highest BCUT2D eigenvalue weighted by Crippen LogP contribution is 2.25. The van der Waals surface area contributed by atoms with Crippen LogP contribution in [0.3, 0.4) is 0 Å². The predicted octanol–water partition coefficient (Wildman–Crippen LogP) is 5.56. The third-order valence-corrected chi connectivity index (χ3v) is 5.74. The van der Waals surface area contributed by atoms with Gasteiger partial charge in [0.2, 0.25) is 5.91 Å². The van der Waals surface area contributed by atoms with Gasteiger partial charge in [-0.15, -0.1) is 0 Å². The molecule has 0 radical (unpaired) electrons. The molecule has 1 atom stereocenters. The van der Waals surface area contributed by atoms with Crippen molar-refractivity contribution in [3.8, 4) is 6.07 Å². The predicted molar refractivity (Wildman–Crippen MR) is 126 cm³/mol. The minimum absolute atomic E-state index is 0.139. The Morgan fingerprint density at radius 3 is 2.13 bits per heavy atom. The van der Waals surface area contributed by atoms with Crippen molar-refractivity contribution in [2.24, 2.45) is 0 Å². The van der Waals surface area contributed by atoms with E-state index in [1.807, 2.05) is 36.2 Å². The Labute approximate surface area is 186 Å². The standard InChI is InChI=1S/C28H30N2O/c1-30(20-18-23-9-4-2-5-10-23)28(31)22-25-16-14-24(15-17-25)21-27(13-8-19-29)26-11-6-3-7-12-26/h2-7,9-12,14-17,27H,8,13,18,20-22H2,1H3. The summed E-state index contributed by atoms with van der Waals surface area (Å²) < 4.78 is 0. The van der Waals surface area contributed by atoms with Gasteiger partial charge in [0.05, 0.1) is 12.5 Å². The molecule has 3 nitrogen and oxygen atoms in total. The second-order valence-corrected chi connectivity index (χ2v) is 8.05. The molecule has 3 aromatic rings. The van der Waals surface area contributed by atoms with Gasteiger partial charge in [-0.2, -0.15) is 5.26 Å². The average Bonchev–Trinajstić information content (AvgIpc) is 2.82. The van der Waals surface area contributed by atoms with Crippen LogP contribution in [0.1, 0.15) is 41.0 Å². The van der Waals surface area contributed by atoms with Crippen molar-refractivity contribution < 1.29 is 4.79 Å². The van der Waals surface area contributed by atoms with E-state index in [0.717, 1.165) is 31.4 Å². The summed E-state index contributed by atoms with van der Waals surface area (Å²) in [6, 6.07) is 31.3. The van der Waals surface area contributed by atoms with Gasteiger partial charge in [0, 0.05) is 20.0 Å². The number of rotatable bonds is 10. The molecule has 0 fully saturated rings. The van der Waals surface area contributed by atoms with Crippen molar-refractivity contribution >= 4 is 5.91 Å². The third-order valence-electron chi connectivity index (χ3n) is 5.74. The molecule has 31 heavy (non-hydrogen) atoms. The first-order chi connectivity index (χ1) is 15.2. The lowest BCUT2D eigenvalue weighted by atomic mass is 9.88. The summed E-state index contributed by atoms with van der Waals surface area (Å²) in [7, 11) is 1.87. The molecule has 0 heterocycles. The second kappa shape index (κ2) is 11.7. The number of amides is 1. The largest absolute Gasteiger partial charge is 0.345 e. The van der Waals surface area contributed by atoms with E-state index >= 15 is 0 Å². The fraction of sp³-hybridized carbons (Fsp3) is 0.286. The quantitative estimate of drug-likeness (QED) is 0.439. The van der Waals surface area contributed by atoms with Crippen LogP contribution in [0.2, 0.25) is 0 Å². The van der Waals surface area contributed by atoms with Gasteiger partial charge in [0.15, 0.2) is 0 Å². The van der Waals surface area contributed by atoms with Crippen LogP contribution < -0.4 is 0 Å². The molecular formula is C28H30N2O. The zero-order valence-corrected chi connectivity index (χ0v) is 18.2. The minimum atomic E-state index is 0.139. The summed E-state index contributed by atoms with van der Waals surface area (Å²) in [5.41, 5.74) is 4.79. The van der Waals surface area contributed by atoms with Gasteiger partial charge in [0.25, 0.3) is 0 Å². The van der Waals surface area contributed by atoms with Gasteiger partial charge in [0.1, 0.15) is 0 Å². The van der Waals surface area contributed by atoms with Crippen LogP contribution in [0.15, 0.2) is 84.9 Å². The second-order valence-electron chi connectivity index (χ2n) is 8.05. The molecule has 1 unspecified atom stereocenters. The fourth-order valence-electron chi connectivity index (χ4n) is 3.80. The monoisotopic (exact) mass is 410 g/mol. The van der Waals surface area contributed by atoms with E-state index in [0.29, 0.717) is 18.8 Å². The first kappa shape index (κ1) is 22.3. The molecule has 0 aliphatic carbocycles. The number of hydrogen-bond donors (Lipinski definition) is 0. The van der Waals surface area contributed by atoms with Crippen molar-refractivity contribution in [3.63, 3.8) is 0 Å². The van der Waals surface area contributed by atoms with Crippen molar-refractivity contribution in [1.82, 2.24) is 4.90 Å². The Balaban J connectivity index is 1.55. The van der Waals surface area contributed by atoms with E-state index in [4.69, 9.17) is 5.26 Å². The van der Waals surface area contributed by atoms with E-state index in [-0.39, 0.29) is 5.91 Å². The highest BCUT2D eigenvalue weighted by molar-refractivity contribution is 5.78. The molecule has 158 valence electrons. The summed E-state index contributed by atoms with van der Waals surface area (Å²) >= 11 is 0. The van der Waals surface area contributed by atoms with E-state index in [1.165, 1.54) is 16.7 Å². The minimum Gasteiger partial charge on any atom is -0.345 e. The van der Waals surface area contributed by atoms with Gasteiger partial charge in [-0.05, 0) is 47.4 Å². The van der Waals surface area contributed by atoms with Crippen LogP contribution in [0.4, 0.5) is 0 Å². The fourth-order valence-corrected chi connectivity index (χ4v) is 3.80. The summed E-state index contributed by atoms with van der Waals surface area (Å²) in [5, 5.41) is 9.01.